The zero-order chi connectivity index (χ0) is 12.3. The monoisotopic (exact) mass is 239 g/mol. The van der Waals surface area contributed by atoms with Gasteiger partial charge in [-0.3, -0.25) is 0 Å². The summed E-state index contributed by atoms with van der Waals surface area (Å²) in [6.45, 7) is 7.69. The summed E-state index contributed by atoms with van der Waals surface area (Å²) in [5, 5.41) is 21.0. The Kier molecular flexibility index (Phi) is 2.43. The standard InChI is InChI=1S/C14H25NO2/c1-12(2)7-13(8-12,10-16)14(17)9-15-5-3-11(14)4-6-15/h11,16-17H,3-10H2,1-2H3. The highest BCUT2D eigenvalue weighted by molar-refractivity contribution is 5.15. The number of aliphatic hydroxyl groups excluding tert-OH is 1. The summed E-state index contributed by atoms with van der Waals surface area (Å²) in [4.78, 5) is 2.38. The predicted octanol–water partition coefficient (Wildman–Crippen LogP) is 1.24. The van der Waals surface area contributed by atoms with Crippen molar-refractivity contribution in [2.75, 3.05) is 26.2 Å². The van der Waals surface area contributed by atoms with Gasteiger partial charge in [-0.1, -0.05) is 13.8 Å². The molecule has 2 bridgehead atoms. The summed E-state index contributed by atoms with van der Waals surface area (Å²) in [5.74, 6) is 0.413. The minimum Gasteiger partial charge on any atom is -0.396 e. The van der Waals surface area contributed by atoms with Crippen molar-refractivity contribution in [2.24, 2.45) is 16.7 Å². The van der Waals surface area contributed by atoms with Gasteiger partial charge in [-0.05, 0) is 50.1 Å². The maximum Gasteiger partial charge on any atom is 0.0881 e. The lowest BCUT2D eigenvalue weighted by Gasteiger charge is -2.66. The lowest BCUT2D eigenvalue weighted by atomic mass is 9.45. The van der Waals surface area contributed by atoms with E-state index in [2.05, 4.69) is 18.7 Å². The number of rotatable bonds is 2. The van der Waals surface area contributed by atoms with Gasteiger partial charge in [0.1, 0.15) is 0 Å². The highest BCUT2D eigenvalue weighted by atomic mass is 16.3. The molecule has 98 valence electrons. The zero-order valence-corrected chi connectivity index (χ0v) is 11.1. The molecule has 3 saturated heterocycles. The van der Waals surface area contributed by atoms with Gasteiger partial charge in [0.15, 0.2) is 0 Å². The predicted molar refractivity (Wildman–Crippen MR) is 66.6 cm³/mol. The third kappa shape index (κ3) is 1.52. The molecular weight excluding hydrogens is 214 g/mol. The Morgan fingerprint density at radius 2 is 1.76 bits per heavy atom. The van der Waals surface area contributed by atoms with Gasteiger partial charge in [-0.15, -0.1) is 0 Å². The van der Waals surface area contributed by atoms with Crippen LogP contribution in [-0.4, -0.2) is 47.0 Å². The molecule has 3 heterocycles. The van der Waals surface area contributed by atoms with Crippen molar-refractivity contribution in [3.8, 4) is 0 Å². The Bertz CT molecular complexity index is 312. The van der Waals surface area contributed by atoms with Crippen molar-refractivity contribution in [1.82, 2.24) is 4.90 Å². The number of piperidine rings is 3. The molecule has 1 saturated carbocycles. The summed E-state index contributed by atoms with van der Waals surface area (Å²) >= 11 is 0. The third-order valence-electron chi connectivity index (χ3n) is 5.58. The van der Waals surface area contributed by atoms with Crippen LogP contribution in [0.1, 0.15) is 39.5 Å². The molecule has 3 aliphatic heterocycles. The van der Waals surface area contributed by atoms with E-state index in [4.69, 9.17) is 0 Å². The van der Waals surface area contributed by atoms with Crippen molar-refractivity contribution < 1.29 is 10.2 Å². The largest absolute Gasteiger partial charge is 0.396 e. The van der Waals surface area contributed by atoms with E-state index in [-0.39, 0.29) is 12.0 Å². The minimum atomic E-state index is -0.631. The van der Waals surface area contributed by atoms with Crippen LogP contribution in [0.15, 0.2) is 0 Å². The molecule has 0 aromatic carbocycles. The van der Waals surface area contributed by atoms with Crippen molar-refractivity contribution in [1.29, 1.82) is 0 Å². The van der Waals surface area contributed by atoms with Crippen molar-refractivity contribution in [3.05, 3.63) is 0 Å². The van der Waals surface area contributed by atoms with E-state index in [0.717, 1.165) is 45.3 Å². The first kappa shape index (κ1) is 11.9. The molecule has 1 atom stereocenters. The molecule has 2 N–H and O–H groups in total. The van der Waals surface area contributed by atoms with E-state index in [0.29, 0.717) is 11.3 Å². The minimum absolute atomic E-state index is 0.150. The second-order valence-electron chi connectivity index (χ2n) is 7.43. The first-order chi connectivity index (χ1) is 7.91. The molecule has 17 heavy (non-hydrogen) atoms. The van der Waals surface area contributed by atoms with Crippen LogP contribution in [0.25, 0.3) is 0 Å². The number of fused-ring (bicyclic) bond motifs is 3. The van der Waals surface area contributed by atoms with Gasteiger partial charge in [0, 0.05) is 12.0 Å². The number of aliphatic hydroxyl groups is 2. The first-order valence-electron chi connectivity index (χ1n) is 6.97. The Morgan fingerprint density at radius 3 is 2.12 bits per heavy atom. The van der Waals surface area contributed by atoms with Crippen molar-refractivity contribution in [3.63, 3.8) is 0 Å². The van der Waals surface area contributed by atoms with Gasteiger partial charge in [-0.2, -0.15) is 0 Å². The lowest BCUT2D eigenvalue weighted by molar-refractivity contribution is -0.252. The summed E-state index contributed by atoms with van der Waals surface area (Å²) in [6.07, 6.45) is 4.16. The average molecular weight is 239 g/mol. The average Bonchev–Trinajstić information content (AvgIpc) is 2.26. The number of hydrogen-bond donors (Lipinski definition) is 2. The Morgan fingerprint density at radius 1 is 1.18 bits per heavy atom. The van der Waals surface area contributed by atoms with E-state index >= 15 is 0 Å². The van der Waals surface area contributed by atoms with Gasteiger partial charge in [0.2, 0.25) is 0 Å². The van der Waals surface area contributed by atoms with Crippen LogP contribution >= 0.6 is 0 Å². The topological polar surface area (TPSA) is 43.7 Å². The molecule has 0 radical (unpaired) electrons. The van der Waals surface area contributed by atoms with Crippen LogP contribution in [0.3, 0.4) is 0 Å². The second-order valence-corrected chi connectivity index (χ2v) is 7.43. The lowest BCUT2D eigenvalue weighted by Crippen LogP contribution is -2.71. The fourth-order valence-electron chi connectivity index (χ4n) is 4.97. The van der Waals surface area contributed by atoms with Crippen LogP contribution in [0.5, 0.6) is 0 Å². The van der Waals surface area contributed by atoms with E-state index in [9.17, 15) is 10.2 Å². The molecule has 1 unspecified atom stereocenters. The van der Waals surface area contributed by atoms with Gasteiger partial charge in [0.05, 0.1) is 12.2 Å². The summed E-state index contributed by atoms with van der Waals surface area (Å²) in [7, 11) is 0. The fraction of sp³-hybridized carbons (Fsp3) is 1.00. The number of nitrogens with zero attached hydrogens (tertiary/aromatic N) is 1. The summed E-state index contributed by atoms with van der Waals surface area (Å²) < 4.78 is 0. The van der Waals surface area contributed by atoms with Crippen LogP contribution < -0.4 is 0 Å². The SMILES string of the molecule is CC1(C)CC(CO)(C2(O)CN3CCC2CC3)C1. The molecule has 4 fully saturated rings. The van der Waals surface area contributed by atoms with Gasteiger partial charge < -0.3 is 15.1 Å². The summed E-state index contributed by atoms with van der Waals surface area (Å²) in [5.41, 5.74) is -0.557. The highest BCUT2D eigenvalue weighted by Crippen LogP contribution is 2.62. The molecule has 0 aromatic rings. The fourth-order valence-corrected chi connectivity index (χ4v) is 4.97. The second kappa shape index (κ2) is 3.46. The van der Waals surface area contributed by atoms with Gasteiger partial charge >= 0.3 is 0 Å². The Balaban J connectivity index is 1.87. The molecule has 3 nitrogen and oxygen atoms in total. The third-order valence-corrected chi connectivity index (χ3v) is 5.58. The molecule has 0 amide bonds. The highest BCUT2D eigenvalue weighted by Gasteiger charge is 2.64. The van der Waals surface area contributed by atoms with Crippen LogP contribution in [0.2, 0.25) is 0 Å². The smallest absolute Gasteiger partial charge is 0.0881 e. The van der Waals surface area contributed by atoms with E-state index in [1.54, 1.807) is 0 Å². The van der Waals surface area contributed by atoms with Gasteiger partial charge in [0.25, 0.3) is 0 Å². The quantitative estimate of drug-likeness (QED) is 0.762. The van der Waals surface area contributed by atoms with Crippen molar-refractivity contribution >= 4 is 0 Å². The number of hydrogen-bond acceptors (Lipinski definition) is 3. The Labute approximate surface area is 104 Å². The van der Waals surface area contributed by atoms with Crippen LogP contribution in [0.4, 0.5) is 0 Å². The van der Waals surface area contributed by atoms with E-state index in [1.807, 2.05) is 0 Å². The first-order valence-corrected chi connectivity index (χ1v) is 6.97. The maximum absolute atomic E-state index is 11.2. The van der Waals surface area contributed by atoms with Gasteiger partial charge in [-0.25, -0.2) is 0 Å². The molecular formula is C14H25NO2. The van der Waals surface area contributed by atoms with Crippen molar-refractivity contribution in [2.45, 2.75) is 45.1 Å². The molecule has 3 heteroatoms. The van der Waals surface area contributed by atoms with E-state index < -0.39 is 5.60 Å². The maximum atomic E-state index is 11.2. The van der Waals surface area contributed by atoms with Crippen LogP contribution in [0, 0.1) is 16.7 Å². The Hall–Kier alpha value is -0.120. The molecule has 0 aromatic heterocycles. The summed E-state index contributed by atoms with van der Waals surface area (Å²) in [6, 6.07) is 0. The molecule has 4 rings (SSSR count). The molecule has 1 aliphatic carbocycles. The molecule has 0 spiro atoms. The normalized spacial score (nSPS) is 46.6. The zero-order valence-electron chi connectivity index (χ0n) is 11.1. The van der Waals surface area contributed by atoms with E-state index in [1.165, 1.54) is 0 Å². The van der Waals surface area contributed by atoms with Crippen LogP contribution in [-0.2, 0) is 0 Å². The molecule has 4 aliphatic rings.